The maximum absolute atomic E-state index is 13.1. The smallest absolute Gasteiger partial charge is 0.312 e. The standard InChI is InChI=1S/C25H18O9/c1-32-13-4-2-3-11(7-13)14-9-19(29)33-18-10-17(28)21-22(30)23(31)24(34-25(21)20(14)18)12-5-6-15(26)16(27)8-12/h2-8,10,14,26-28,31H,9H2,1H3/t14-/m0/s1. The minimum Gasteiger partial charge on any atom is -0.507 e. The molecule has 5 rings (SSSR count). The Kier molecular flexibility index (Phi) is 4.82. The SMILES string of the molecule is COc1cccc([C@@H]2CC(=O)Oc3cc(O)c4c(=O)c(O)c(-c5ccc(O)c(O)c5)oc4c32)c1. The van der Waals surface area contributed by atoms with Crippen LogP contribution in [-0.2, 0) is 4.79 Å². The zero-order chi connectivity index (χ0) is 24.1. The Labute approximate surface area is 191 Å². The summed E-state index contributed by atoms with van der Waals surface area (Å²) in [5.41, 5.74) is 0.131. The molecule has 2 heterocycles. The Morgan fingerprint density at radius 2 is 1.74 bits per heavy atom. The summed E-state index contributed by atoms with van der Waals surface area (Å²) in [6.45, 7) is 0. The van der Waals surface area contributed by atoms with Gasteiger partial charge >= 0.3 is 5.97 Å². The van der Waals surface area contributed by atoms with E-state index < -0.39 is 40.3 Å². The van der Waals surface area contributed by atoms with E-state index in [1.807, 2.05) is 0 Å². The van der Waals surface area contributed by atoms with Crippen LogP contribution < -0.4 is 14.9 Å². The van der Waals surface area contributed by atoms with E-state index in [1.165, 1.54) is 19.2 Å². The van der Waals surface area contributed by atoms with Gasteiger partial charge in [-0.15, -0.1) is 0 Å². The average Bonchev–Trinajstić information content (AvgIpc) is 2.82. The lowest BCUT2D eigenvalue weighted by Crippen LogP contribution is -2.22. The van der Waals surface area contributed by atoms with Crippen LogP contribution in [-0.4, -0.2) is 33.5 Å². The molecule has 4 aromatic rings. The molecule has 172 valence electrons. The predicted molar refractivity (Wildman–Crippen MR) is 120 cm³/mol. The normalized spacial score (nSPS) is 15.1. The quantitative estimate of drug-likeness (QED) is 0.203. The molecule has 1 aromatic heterocycles. The summed E-state index contributed by atoms with van der Waals surface area (Å²) in [5.74, 6) is -3.07. The van der Waals surface area contributed by atoms with Crippen LogP contribution in [0.15, 0.2) is 57.7 Å². The molecule has 0 spiro atoms. The number of rotatable bonds is 3. The maximum atomic E-state index is 13.1. The summed E-state index contributed by atoms with van der Waals surface area (Å²) < 4.78 is 16.6. The molecule has 9 nitrogen and oxygen atoms in total. The topological polar surface area (TPSA) is 147 Å². The molecule has 1 aliphatic rings. The minimum absolute atomic E-state index is 0.0161. The molecule has 0 fully saturated rings. The van der Waals surface area contributed by atoms with Crippen LogP contribution >= 0.6 is 0 Å². The molecule has 0 bridgehead atoms. The zero-order valence-corrected chi connectivity index (χ0v) is 17.7. The van der Waals surface area contributed by atoms with Gasteiger partial charge in [-0.05, 0) is 35.9 Å². The zero-order valence-electron chi connectivity index (χ0n) is 17.7. The molecule has 0 saturated heterocycles. The molecule has 4 N–H and O–H groups in total. The predicted octanol–water partition coefficient (Wildman–Crippen LogP) is 3.73. The fourth-order valence-electron chi connectivity index (χ4n) is 4.18. The van der Waals surface area contributed by atoms with E-state index in [-0.39, 0.29) is 34.5 Å². The summed E-state index contributed by atoms with van der Waals surface area (Å²) >= 11 is 0. The van der Waals surface area contributed by atoms with E-state index in [0.29, 0.717) is 16.9 Å². The van der Waals surface area contributed by atoms with Crippen LogP contribution in [0.3, 0.4) is 0 Å². The van der Waals surface area contributed by atoms with E-state index in [1.54, 1.807) is 24.3 Å². The second-order valence-corrected chi connectivity index (χ2v) is 7.83. The molecule has 0 saturated carbocycles. The molecule has 3 aromatic carbocycles. The lowest BCUT2D eigenvalue weighted by atomic mass is 9.85. The molecule has 9 heteroatoms. The second-order valence-electron chi connectivity index (χ2n) is 7.83. The van der Waals surface area contributed by atoms with Crippen LogP contribution in [0, 0.1) is 0 Å². The monoisotopic (exact) mass is 462 g/mol. The Hall–Kier alpha value is -4.66. The summed E-state index contributed by atoms with van der Waals surface area (Å²) in [6, 6.07) is 11.8. The van der Waals surface area contributed by atoms with Gasteiger partial charge in [-0.1, -0.05) is 12.1 Å². The van der Waals surface area contributed by atoms with Crippen LogP contribution in [0.1, 0.15) is 23.5 Å². The van der Waals surface area contributed by atoms with Gasteiger partial charge in [0.2, 0.25) is 11.2 Å². The number of aromatic hydroxyl groups is 4. The van der Waals surface area contributed by atoms with Crippen LogP contribution in [0.5, 0.6) is 34.5 Å². The van der Waals surface area contributed by atoms with Gasteiger partial charge in [0.15, 0.2) is 17.3 Å². The van der Waals surface area contributed by atoms with E-state index in [0.717, 1.165) is 12.1 Å². The first-order valence-electron chi connectivity index (χ1n) is 10.2. The lowest BCUT2D eigenvalue weighted by molar-refractivity contribution is -0.135. The van der Waals surface area contributed by atoms with E-state index in [9.17, 15) is 30.0 Å². The molecule has 1 aliphatic heterocycles. The van der Waals surface area contributed by atoms with Crippen molar-refractivity contribution in [1.29, 1.82) is 0 Å². The second kappa shape index (κ2) is 7.73. The number of hydrogen-bond donors (Lipinski definition) is 4. The third-order valence-corrected chi connectivity index (χ3v) is 5.80. The van der Waals surface area contributed by atoms with Crippen molar-refractivity contribution in [3.63, 3.8) is 0 Å². The highest BCUT2D eigenvalue weighted by molar-refractivity contribution is 5.94. The summed E-state index contributed by atoms with van der Waals surface area (Å²) in [6.07, 6.45) is -0.0695. The van der Waals surface area contributed by atoms with Crippen LogP contribution in [0.2, 0.25) is 0 Å². The van der Waals surface area contributed by atoms with Gasteiger partial charge in [0, 0.05) is 23.1 Å². The summed E-state index contributed by atoms with van der Waals surface area (Å²) in [5, 5.41) is 40.3. The van der Waals surface area contributed by atoms with Gasteiger partial charge in [-0.3, -0.25) is 9.59 Å². The number of fused-ring (bicyclic) bond motifs is 3. The molecule has 0 unspecified atom stereocenters. The molecule has 34 heavy (non-hydrogen) atoms. The number of esters is 1. The highest BCUT2D eigenvalue weighted by Gasteiger charge is 2.34. The van der Waals surface area contributed by atoms with Gasteiger partial charge in [-0.25, -0.2) is 0 Å². The minimum atomic E-state index is -0.912. The number of carbonyl (C=O) groups excluding carboxylic acids is 1. The lowest BCUT2D eigenvalue weighted by Gasteiger charge is -2.26. The van der Waals surface area contributed by atoms with Gasteiger partial charge in [-0.2, -0.15) is 0 Å². The van der Waals surface area contributed by atoms with Gasteiger partial charge in [0.1, 0.15) is 28.2 Å². The Morgan fingerprint density at radius 1 is 0.941 bits per heavy atom. The first kappa shape index (κ1) is 21.2. The van der Waals surface area contributed by atoms with Gasteiger partial charge in [0.25, 0.3) is 0 Å². The molecule has 0 aliphatic carbocycles. The third kappa shape index (κ3) is 3.25. The maximum Gasteiger partial charge on any atom is 0.312 e. The molecule has 0 radical (unpaired) electrons. The molecule has 1 atom stereocenters. The van der Waals surface area contributed by atoms with Crippen molar-refractivity contribution >= 4 is 16.9 Å². The number of carbonyl (C=O) groups is 1. The molecular formula is C25H18O9. The van der Waals surface area contributed by atoms with Crippen molar-refractivity contribution in [2.24, 2.45) is 0 Å². The van der Waals surface area contributed by atoms with Crippen LogP contribution in [0.25, 0.3) is 22.3 Å². The first-order valence-corrected chi connectivity index (χ1v) is 10.2. The van der Waals surface area contributed by atoms with E-state index in [4.69, 9.17) is 13.9 Å². The Balaban J connectivity index is 1.85. The number of methoxy groups -OCH3 is 1. The number of benzene rings is 3. The number of phenols is 3. The first-order chi connectivity index (χ1) is 16.3. The van der Waals surface area contributed by atoms with Crippen molar-refractivity contribution in [2.45, 2.75) is 12.3 Å². The fraction of sp³-hybridized carbons (Fsp3) is 0.120. The Bertz CT molecular complexity index is 1530. The van der Waals surface area contributed by atoms with E-state index >= 15 is 0 Å². The van der Waals surface area contributed by atoms with E-state index in [2.05, 4.69) is 0 Å². The molecule has 0 amide bonds. The van der Waals surface area contributed by atoms with Gasteiger partial charge in [0.05, 0.1) is 13.5 Å². The van der Waals surface area contributed by atoms with Crippen molar-refractivity contribution < 1.29 is 39.1 Å². The number of hydrogen-bond acceptors (Lipinski definition) is 9. The van der Waals surface area contributed by atoms with Gasteiger partial charge < -0.3 is 34.3 Å². The number of ether oxygens (including phenoxy) is 2. The average molecular weight is 462 g/mol. The summed E-state index contributed by atoms with van der Waals surface area (Å²) in [7, 11) is 1.51. The Morgan fingerprint density at radius 3 is 2.47 bits per heavy atom. The van der Waals surface area contributed by atoms with Crippen molar-refractivity contribution in [1.82, 2.24) is 0 Å². The largest absolute Gasteiger partial charge is 0.507 e. The highest BCUT2D eigenvalue weighted by Crippen LogP contribution is 2.47. The number of phenolic OH excluding ortho intramolecular Hbond substituents is 3. The van der Waals surface area contributed by atoms with Crippen LogP contribution in [0.4, 0.5) is 0 Å². The molecular weight excluding hydrogens is 444 g/mol. The highest BCUT2D eigenvalue weighted by atomic mass is 16.5. The van der Waals surface area contributed by atoms with Crippen molar-refractivity contribution in [2.75, 3.05) is 7.11 Å². The fourth-order valence-corrected chi connectivity index (χ4v) is 4.18. The van der Waals surface area contributed by atoms with Crippen molar-refractivity contribution in [3.8, 4) is 45.8 Å². The summed E-state index contributed by atoms with van der Waals surface area (Å²) in [4.78, 5) is 25.5. The van der Waals surface area contributed by atoms with Crippen molar-refractivity contribution in [3.05, 3.63) is 69.9 Å². The third-order valence-electron chi connectivity index (χ3n) is 5.80.